The molecular weight excluding hydrogens is 499 g/mol. The molecule has 0 amide bonds. The second kappa shape index (κ2) is 12.9. The number of aliphatic hydroxyl groups excluding tert-OH is 1. The van der Waals surface area contributed by atoms with Crippen molar-refractivity contribution in [2.75, 3.05) is 6.54 Å². The van der Waals surface area contributed by atoms with Crippen LogP contribution in [0.5, 0.6) is 0 Å². The number of hydrogen-bond acceptors (Lipinski definition) is 5. The minimum Gasteiger partial charge on any atom is -0.413 e. The van der Waals surface area contributed by atoms with Gasteiger partial charge in [0, 0.05) is 31.0 Å². The molecule has 1 N–H and O–H groups in total. The number of nitrogens with zero attached hydrogens (tertiary/aromatic N) is 1. The number of hydrogen-bond donors (Lipinski definition) is 1. The van der Waals surface area contributed by atoms with Crippen LogP contribution in [0.2, 0.25) is 31.2 Å². The van der Waals surface area contributed by atoms with Crippen LogP contribution in [0.25, 0.3) is 0 Å². The van der Waals surface area contributed by atoms with Crippen LogP contribution >= 0.6 is 0 Å². The predicted octanol–water partition coefficient (Wildman–Crippen LogP) is 4.45. The highest BCUT2D eigenvalue weighted by molar-refractivity contribution is 6.74. The van der Waals surface area contributed by atoms with Crippen molar-refractivity contribution in [2.24, 2.45) is 5.41 Å². The lowest BCUT2D eigenvalue weighted by molar-refractivity contribution is -0.137. The van der Waals surface area contributed by atoms with Gasteiger partial charge in [-0.05, 0) is 36.0 Å². The minimum absolute atomic E-state index is 0.168. The summed E-state index contributed by atoms with van der Waals surface area (Å²) >= 11 is 0. The van der Waals surface area contributed by atoms with E-state index in [0.717, 1.165) is 19.5 Å². The van der Waals surface area contributed by atoms with Crippen molar-refractivity contribution in [3.05, 3.63) is 35.9 Å². The maximum Gasteiger partial charge on any atom is 0.219 e. The molecule has 1 saturated heterocycles. The Bertz CT molecular complexity index is 865. The Morgan fingerprint density at radius 2 is 1.64 bits per heavy atom. The van der Waals surface area contributed by atoms with Gasteiger partial charge in [-0.25, -0.2) is 0 Å². The quantitative estimate of drug-likeness (QED) is 0.266. The Hall–Kier alpha value is -0.769. The summed E-state index contributed by atoms with van der Waals surface area (Å²) in [5.74, 6) is 5.48. The molecule has 0 spiro atoms. The van der Waals surface area contributed by atoms with Gasteiger partial charge in [0.15, 0.2) is 27.8 Å². The topological polar surface area (TPSA) is 51.2 Å². The third-order valence-corrected chi connectivity index (χ3v) is 13.5. The minimum atomic E-state index is -1.88. The molecule has 1 unspecified atom stereocenters. The van der Waals surface area contributed by atoms with Gasteiger partial charge in [0.2, 0.25) is 5.79 Å². The molecule has 1 aromatic rings. The molecule has 0 saturated carbocycles. The van der Waals surface area contributed by atoms with Crippen molar-refractivity contribution in [3.8, 4) is 11.8 Å². The Labute approximate surface area is 226 Å². The Balaban J connectivity index is 2.23. The first kappa shape index (κ1) is 31.4. The molecule has 8 heteroatoms. The molecule has 204 valence electrons. The van der Waals surface area contributed by atoms with Crippen LogP contribution in [0, 0.1) is 17.3 Å². The van der Waals surface area contributed by atoms with E-state index in [0.29, 0.717) is 6.42 Å². The van der Waals surface area contributed by atoms with Crippen LogP contribution in [-0.4, -0.2) is 68.4 Å². The lowest BCUT2D eigenvalue weighted by Crippen LogP contribution is -2.48. The van der Waals surface area contributed by atoms with Crippen molar-refractivity contribution in [1.29, 1.82) is 0 Å². The fourth-order valence-electron chi connectivity index (χ4n) is 4.51. The van der Waals surface area contributed by atoms with Crippen LogP contribution in [-0.2, 0) is 19.8 Å². The van der Waals surface area contributed by atoms with Gasteiger partial charge in [-0.15, -0.1) is 0 Å². The number of aliphatic hydroxyl groups is 1. The molecule has 0 bridgehead atoms. The molecule has 1 aromatic carbocycles. The molecule has 0 aromatic heterocycles. The summed E-state index contributed by atoms with van der Waals surface area (Å²) < 4.78 is 19.2. The zero-order chi connectivity index (χ0) is 27.2. The fourth-order valence-corrected chi connectivity index (χ4v) is 8.02. The van der Waals surface area contributed by atoms with E-state index in [4.69, 9.17) is 13.3 Å². The third kappa shape index (κ3) is 8.37. The summed E-state index contributed by atoms with van der Waals surface area (Å²) in [4.78, 5) is 2.47. The van der Waals surface area contributed by atoms with Crippen LogP contribution in [0.15, 0.2) is 30.3 Å². The predicted molar refractivity (Wildman–Crippen MR) is 159 cm³/mol. The number of likely N-dealkylation sites (tertiary alicyclic amines) is 1. The molecule has 1 fully saturated rings. The largest absolute Gasteiger partial charge is 0.413 e. The van der Waals surface area contributed by atoms with Crippen molar-refractivity contribution in [2.45, 2.75) is 116 Å². The number of rotatable bonds is 10. The molecule has 1 heterocycles. The number of benzene rings is 1. The van der Waals surface area contributed by atoms with Crippen LogP contribution in [0.3, 0.4) is 0 Å². The second-order valence-electron chi connectivity index (χ2n) is 12.6. The van der Waals surface area contributed by atoms with Crippen LogP contribution < -0.4 is 0 Å². The highest BCUT2D eigenvalue weighted by atomic mass is 28.4. The summed E-state index contributed by atoms with van der Waals surface area (Å²) in [6.07, 6.45) is 0.937. The van der Waals surface area contributed by atoms with Gasteiger partial charge < -0.3 is 18.4 Å². The molecule has 1 aliphatic rings. The third-order valence-electron chi connectivity index (χ3n) is 7.57. The zero-order valence-electron chi connectivity index (χ0n) is 24.5. The molecule has 0 aliphatic carbocycles. The van der Waals surface area contributed by atoms with Crippen LogP contribution in [0.1, 0.15) is 59.9 Å². The lowest BCUT2D eigenvalue weighted by Gasteiger charge is -2.40. The van der Waals surface area contributed by atoms with E-state index in [1.54, 1.807) is 0 Å². The zero-order valence-corrected chi connectivity index (χ0v) is 28.3. The van der Waals surface area contributed by atoms with Gasteiger partial charge in [0.25, 0.3) is 0 Å². The van der Waals surface area contributed by atoms with Gasteiger partial charge >= 0.3 is 0 Å². The van der Waals surface area contributed by atoms with Gasteiger partial charge in [0.1, 0.15) is 6.10 Å². The first-order chi connectivity index (χ1) is 16.6. The summed E-state index contributed by atoms with van der Waals surface area (Å²) in [5.41, 5.74) is 0.992. The SMILES string of the molecule is C[SiH2]OC(C#CC(O)C[C@H]1C[C@@H](O[Si](C)(C)C(C)(C)C)CN1Cc1ccccc1)(O[SiH2]C)C(C)(C)C. The maximum atomic E-state index is 11.1. The molecule has 1 aliphatic heterocycles. The van der Waals surface area contributed by atoms with E-state index >= 15 is 0 Å². The maximum absolute atomic E-state index is 11.1. The van der Waals surface area contributed by atoms with E-state index < -0.39 is 39.7 Å². The van der Waals surface area contributed by atoms with E-state index in [-0.39, 0.29) is 22.6 Å². The summed E-state index contributed by atoms with van der Waals surface area (Å²) in [7, 11) is -3.37. The van der Waals surface area contributed by atoms with Gasteiger partial charge in [-0.3, -0.25) is 4.90 Å². The highest BCUT2D eigenvalue weighted by Crippen LogP contribution is 2.39. The summed E-state index contributed by atoms with van der Waals surface area (Å²) in [6, 6.07) is 10.8. The Kier molecular flexibility index (Phi) is 11.2. The standard InChI is InChI=1S/C28H51NO4Si3/c1-26(2,3)28(32-34-7,33-35-8)17-16-24(30)18-23-19-25(31-36(9,10)27(4,5)6)21-29(23)20-22-14-12-11-13-15-22/h11-15,23-25,30H,18-21,34-35H2,1-10H3/t23-,24?,25+/m0/s1. The second-order valence-corrected chi connectivity index (χ2v) is 19.0. The monoisotopic (exact) mass is 549 g/mol. The summed E-state index contributed by atoms with van der Waals surface area (Å²) in [5, 5.41) is 11.3. The molecule has 2 rings (SSSR count). The van der Waals surface area contributed by atoms with E-state index in [2.05, 4.69) is 115 Å². The van der Waals surface area contributed by atoms with Gasteiger partial charge in [0.05, 0.1) is 6.10 Å². The van der Waals surface area contributed by atoms with Crippen molar-refractivity contribution < 1.29 is 18.4 Å². The molecule has 5 nitrogen and oxygen atoms in total. The Morgan fingerprint density at radius 3 is 2.14 bits per heavy atom. The fraction of sp³-hybridized carbons (Fsp3) is 0.714. The summed E-state index contributed by atoms with van der Waals surface area (Å²) in [6.45, 7) is 23.7. The van der Waals surface area contributed by atoms with Crippen LogP contribution in [0.4, 0.5) is 0 Å². The van der Waals surface area contributed by atoms with E-state index in [1.165, 1.54) is 5.56 Å². The highest BCUT2D eigenvalue weighted by Gasteiger charge is 2.44. The smallest absolute Gasteiger partial charge is 0.219 e. The van der Waals surface area contributed by atoms with E-state index in [9.17, 15) is 5.11 Å². The van der Waals surface area contributed by atoms with Gasteiger partial charge in [-0.1, -0.05) is 90.9 Å². The normalized spacial score (nSPS) is 22.8. The molecule has 3 atom stereocenters. The average Bonchev–Trinajstić information content (AvgIpc) is 3.11. The van der Waals surface area contributed by atoms with Crippen molar-refractivity contribution in [1.82, 2.24) is 4.90 Å². The molecule has 0 radical (unpaired) electrons. The Morgan fingerprint density at radius 1 is 1.06 bits per heavy atom. The molecule has 36 heavy (non-hydrogen) atoms. The van der Waals surface area contributed by atoms with Crippen molar-refractivity contribution in [3.63, 3.8) is 0 Å². The van der Waals surface area contributed by atoms with E-state index in [1.807, 2.05) is 0 Å². The lowest BCUT2D eigenvalue weighted by atomic mass is 9.86. The first-order valence-corrected chi connectivity index (χ1v) is 20.5. The molecular formula is C28H51NO4Si3. The van der Waals surface area contributed by atoms with Gasteiger partial charge in [-0.2, -0.15) is 0 Å². The van der Waals surface area contributed by atoms with Crippen molar-refractivity contribution >= 4 is 27.8 Å². The average molecular weight is 550 g/mol. The first-order valence-electron chi connectivity index (χ1n) is 13.6.